The van der Waals surface area contributed by atoms with Crippen LogP contribution in [-0.2, 0) is 13.0 Å². The van der Waals surface area contributed by atoms with Crippen molar-refractivity contribution in [1.82, 2.24) is 15.3 Å². The summed E-state index contributed by atoms with van der Waals surface area (Å²) in [5.74, 6) is 1.05. The summed E-state index contributed by atoms with van der Waals surface area (Å²) in [7, 11) is 1.65. The molecule has 0 radical (unpaired) electrons. The van der Waals surface area contributed by atoms with Crippen LogP contribution in [0.25, 0.3) is 0 Å². The molecule has 29 heavy (non-hydrogen) atoms. The Balaban J connectivity index is 1.61. The van der Waals surface area contributed by atoms with Crippen LogP contribution < -0.4 is 15.4 Å². The van der Waals surface area contributed by atoms with Gasteiger partial charge in [0.1, 0.15) is 11.4 Å². The Labute approximate surface area is 171 Å². The zero-order valence-corrected chi connectivity index (χ0v) is 17.0. The third-order valence-corrected chi connectivity index (χ3v) is 4.66. The van der Waals surface area contributed by atoms with E-state index >= 15 is 0 Å². The molecule has 0 unspecified atom stereocenters. The van der Waals surface area contributed by atoms with Gasteiger partial charge in [-0.1, -0.05) is 42.5 Å². The number of nitrogens with one attached hydrogen (secondary N) is 2. The van der Waals surface area contributed by atoms with Crippen LogP contribution in [-0.4, -0.2) is 29.5 Å². The van der Waals surface area contributed by atoms with Crippen LogP contribution in [0.2, 0.25) is 0 Å². The number of aromatic nitrogens is 2. The van der Waals surface area contributed by atoms with Crippen LogP contribution in [0.5, 0.6) is 5.75 Å². The summed E-state index contributed by atoms with van der Waals surface area (Å²) < 4.78 is 5.35. The summed E-state index contributed by atoms with van der Waals surface area (Å²) in [6, 6.07) is 17.6. The number of methoxy groups -OCH3 is 1. The minimum atomic E-state index is -0.218. The van der Waals surface area contributed by atoms with Crippen LogP contribution in [0.15, 0.2) is 54.6 Å². The van der Waals surface area contributed by atoms with Gasteiger partial charge in [0.2, 0.25) is 5.95 Å². The molecule has 0 saturated heterocycles. The fourth-order valence-corrected chi connectivity index (χ4v) is 3.06. The molecule has 3 rings (SSSR count). The number of aryl methyl sites for hydroxylation is 2. The number of carbonyl (C=O) groups excluding carboxylic acids is 1. The zero-order chi connectivity index (χ0) is 20.6. The van der Waals surface area contributed by atoms with Crippen LogP contribution in [0, 0.1) is 13.8 Å². The quantitative estimate of drug-likeness (QED) is 0.614. The molecule has 1 amide bonds. The van der Waals surface area contributed by atoms with Crippen molar-refractivity contribution in [1.29, 1.82) is 0 Å². The van der Waals surface area contributed by atoms with E-state index in [1.165, 1.54) is 11.1 Å². The van der Waals surface area contributed by atoms with Gasteiger partial charge in [-0.2, -0.15) is 0 Å². The van der Waals surface area contributed by atoms with Gasteiger partial charge in [0, 0.05) is 18.8 Å². The molecule has 0 fully saturated rings. The van der Waals surface area contributed by atoms with Gasteiger partial charge in [-0.3, -0.25) is 4.79 Å². The second kappa shape index (κ2) is 9.68. The highest BCUT2D eigenvalue weighted by atomic mass is 16.5. The molecule has 150 valence electrons. The van der Waals surface area contributed by atoms with E-state index in [0.29, 0.717) is 31.2 Å². The molecule has 6 nitrogen and oxygen atoms in total. The van der Waals surface area contributed by atoms with Crippen molar-refractivity contribution in [3.8, 4) is 5.75 Å². The van der Waals surface area contributed by atoms with Crippen molar-refractivity contribution in [2.45, 2.75) is 26.8 Å². The van der Waals surface area contributed by atoms with Gasteiger partial charge in [0.05, 0.1) is 7.11 Å². The summed E-state index contributed by atoms with van der Waals surface area (Å²) in [5.41, 5.74) is 4.50. The van der Waals surface area contributed by atoms with E-state index in [4.69, 9.17) is 4.74 Å². The van der Waals surface area contributed by atoms with E-state index in [1.54, 1.807) is 13.2 Å². The lowest BCUT2D eigenvalue weighted by molar-refractivity contribution is 0.0949. The van der Waals surface area contributed by atoms with E-state index in [2.05, 4.69) is 39.7 Å². The zero-order valence-electron chi connectivity index (χ0n) is 17.0. The average Bonchev–Trinajstić information content (AvgIpc) is 2.73. The number of para-hydroxylation sites is 1. The number of amides is 1. The first-order chi connectivity index (χ1) is 14.1. The second-order valence-corrected chi connectivity index (χ2v) is 6.82. The topological polar surface area (TPSA) is 76.1 Å². The first-order valence-corrected chi connectivity index (χ1v) is 9.61. The monoisotopic (exact) mass is 390 g/mol. The van der Waals surface area contributed by atoms with Crippen LogP contribution in [0.4, 0.5) is 5.95 Å². The first kappa shape index (κ1) is 20.3. The van der Waals surface area contributed by atoms with Gasteiger partial charge < -0.3 is 15.4 Å². The van der Waals surface area contributed by atoms with E-state index in [1.807, 2.05) is 43.3 Å². The summed E-state index contributed by atoms with van der Waals surface area (Å²) in [6.07, 6.45) is 0.679. The molecular weight excluding hydrogens is 364 g/mol. The largest absolute Gasteiger partial charge is 0.496 e. The van der Waals surface area contributed by atoms with Gasteiger partial charge in [-0.15, -0.1) is 0 Å². The standard InChI is InChI=1S/C23H26N4O2/c1-16-8-4-5-10-19(16)15-25-23-26-17(2)14-20(27-23)22(28)24-13-12-18-9-6-7-11-21(18)29-3/h4-11,14H,12-13,15H2,1-3H3,(H,24,28)(H,25,26,27). The van der Waals surface area contributed by atoms with Gasteiger partial charge >= 0.3 is 0 Å². The molecule has 0 saturated carbocycles. The van der Waals surface area contributed by atoms with E-state index in [-0.39, 0.29) is 5.91 Å². The third-order valence-electron chi connectivity index (χ3n) is 4.66. The van der Waals surface area contributed by atoms with Crippen molar-refractivity contribution in [3.63, 3.8) is 0 Å². The number of rotatable bonds is 8. The maximum absolute atomic E-state index is 12.6. The molecule has 6 heteroatoms. The maximum Gasteiger partial charge on any atom is 0.270 e. The normalized spacial score (nSPS) is 10.4. The molecule has 1 aromatic heterocycles. The molecule has 0 aliphatic rings. The van der Waals surface area contributed by atoms with Crippen molar-refractivity contribution in [2.75, 3.05) is 19.0 Å². The molecule has 0 spiro atoms. The van der Waals surface area contributed by atoms with Crippen molar-refractivity contribution < 1.29 is 9.53 Å². The Morgan fingerprint density at radius 3 is 2.48 bits per heavy atom. The minimum Gasteiger partial charge on any atom is -0.496 e. The van der Waals surface area contributed by atoms with Gasteiger partial charge in [0.15, 0.2) is 0 Å². The minimum absolute atomic E-state index is 0.218. The Morgan fingerprint density at radius 1 is 1.00 bits per heavy atom. The van der Waals surface area contributed by atoms with Gasteiger partial charge in [-0.05, 0) is 49.1 Å². The SMILES string of the molecule is COc1ccccc1CCNC(=O)c1cc(C)nc(NCc2ccccc2C)n1. The highest BCUT2D eigenvalue weighted by Crippen LogP contribution is 2.17. The smallest absolute Gasteiger partial charge is 0.270 e. The number of hydrogen-bond donors (Lipinski definition) is 2. The summed E-state index contributed by atoms with van der Waals surface area (Å²) in [5, 5.41) is 6.14. The molecule has 0 bridgehead atoms. The summed E-state index contributed by atoms with van der Waals surface area (Å²) in [6.45, 7) is 5.01. The van der Waals surface area contributed by atoms with Gasteiger partial charge in [0.25, 0.3) is 5.91 Å². The lowest BCUT2D eigenvalue weighted by atomic mass is 10.1. The number of nitrogens with zero attached hydrogens (tertiary/aromatic N) is 2. The Kier molecular flexibility index (Phi) is 6.79. The van der Waals surface area contributed by atoms with E-state index < -0.39 is 0 Å². The molecule has 0 atom stereocenters. The van der Waals surface area contributed by atoms with E-state index in [9.17, 15) is 4.79 Å². The third kappa shape index (κ3) is 5.54. The Hall–Kier alpha value is -3.41. The number of ether oxygens (including phenoxy) is 1. The predicted octanol–water partition coefficient (Wildman–Crippen LogP) is 3.69. The number of hydrogen-bond acceptors (Lipinski definition) is 5. The van der Waals surface area contributed by atoms with Crippen molar-refractivity contribution in [3.05, 3.63) is 82.7 Å². The summed E-state index contributed by atoms with van der Waals surface area (Å²) >= 11 is 0. The molecule has 0 aliphatic carbocycles. The van der Waals surface area contributed by atoms with Crippen LogP contribution in [0.1, 0.15) is 32.9 Å². The Bertz CT molecular complexity index is 988. The highest BCUT2D eigenvalue weighted by Gasteiger charge is 2.11. The van der Waals surface area contributed by atoms with Crippen LogP contribution in [0.3, 0.4) is 0 Å². The van der Waals surface area contributed by atoms with Crippen molar-refractivity contribution >= 4 is 11.9 Å². The second-order valence-electron chi connectivity index (χ2n) is 6.82. The summed E-state index contributed by atoms with van der Waals surface area (Å²) in [4.78, 5) is 21.3. The van der Waals surface area contributed by atoms with E-state index in [0.717, 1.165) is 17.0 Å². The molecule has 3 aromatic rings. The van der Waals surface area contributed by atoms with Gasteiger partial charge in [-0.25, -0.2) is 9.97 Å². The lowest BCUT2D eigenvalue weighted by Crippen LogP contribution is -2.27. The fraction of sp³-hybridized carbons (Fsp3) is 0.261. The average molecular weight is 390 g/mol. The number of benzene rings is 2. The fourth-order valence-electron chi connectivity index (χ4n) is 3.06. The molecule has 2 aromatic carbocycles. The molecule has 0 aliphatic heterocycles. The molecule has 1 heterocycles. The first-order valence-electron chi connectivity index (χ1n) is 9.61. The lowest BCUT2D eigenvalue weighted by Gasteiger charge is -2.11. The maximum atomic E-state index is 12.6. The van der Waals surface area contributed by atoms with Crippen molar-refractivity contribution in [2.24, 2.45) is 0 Å². The molecular formula is C23H26N4O2. The molecule has 2 N–H and O–H groups in total. The number of anilines is 1. The van der Waals surface area contributed by atoms with Crippen LogP contribution >= 0.6 is 0 Å². The Morgan fingerprint density at radius 2 is 1.72 bits per heavy atom. The number of carbonyl (C=O) groups is 1. The predicted molar refractivity (Wildman–Crippen MR) is 114 cm³/mol. The highest BCUT2D eigenvalue weighted by molar-refractivity contribution is 5.92.